The normalized spacial score (nSPS) is 13.0. The van der Waals surface area contributed by atoms with Gasteiger partial charge in [0.15, 0.2) is 0 Å². The maximum atomic E-state index is 12.2. The molecular weight excluding hydrogens is 1520 g/mol. The highest BCUT2D eigenvalue weighted by molar-refractivity contribution is 7.90. The molecule has 0 heterocycles. The zero-order chi connectivity index (χ0) is 89.7. The van der Waals surface area contributed by atoms with Gasteiger partial charge in [-0.3, -0.25) is 91.1 Å². The average Bonchev–Trinajstić information content (AvgIpc) is 0.878. The fraction of sp³-hybridized carbons (Fsp3) is 0.734. The lowest BCUT2D eigenvalue weighted by Gasteiger charge is -2.29. The van der Waals surface area contributed by atoms with Crippen LogP contribution in [0, 0.1) is 39.1 Å². The molecule has 113 heavy (non-hydrogen) atoms. The Labute approximate surface area is 667 Å². The van der Waals surface area contributed by atoms with Crippen LogP contribution in [0.25, 0.3) is 4.85 Å². The van der Waals surface area contributed by atoms with Gasteiger partial charge in [0.2, 0.25) is 6.54 Å². The van der Waals surface area contributed by atoms with E-state index in [0.29, 0.717) is 12.8 Å². The van der Waals surface area contributed by atoms with Crippen LogP contribution in [0.1, 0.15) is 270 Å². The van der Waals surface area contributed by atoms with Crippen molar-refractivity contribution in [2.45, 2.75) is 270 Å². The lowest BCUT2D eigenvalue weighted by molar-refractivity contribution is -0.149. The molecule has 4 unspecified atom stereocenters. The van der Waals surface area contributed by atoms with Crippen LogP contribution in [0.4, 0.5) is 0 Å². The minimum absolute atomic E-state index is 0.000273. The van der Waals surface area contributed by atoms with Crippen LogP contribution < -0.4 is 0 Å². The summed E-state index contributed by atoms with van der Waals surface area (Å²) in [6.45, 7) is 28.0. The minimum atomic E-state index is -3.34. The summed E-state index contributed by atoms with van der Waals surface area (Å²) in [7, 11) is 0.852. The molecule has 0 fully saturated rings. The monoisotopic (exact) mass is 1650 g/mol. The number of carbonyl (C=O) groups is 20. The molecule has 0 rings (SSSR count). The average molecular weight is 1650 g/mol. The maximum absolute atomic E-state index is 12.2. The number of methoxy groups -OCH3 is 6. The number of carboxylic acid groups (broad SMARTS) is 1. The van der Waals surface area contributed by atoms with E-state index in [1.165, 1.54) is 91.1 Å². The van der Waals surface area contributed by atoms with Crippen molar-refractivity contribution in [3.63, 3.8) is 0 Å². The Morgan fingerprint density at radius 1 is 0.292 bits per heavy atom. The number of hydrogen-bond donors (Lipinski definition) is 1. The second-order valence-corrected chi connectivity index (χ2v) is 31.7. The Kier molecular flexibility index (Phi) is 59.4. The molecule has 0 aliphatic heterocycles. The summed E-state index contributed by atoms with van der Waals surface area (Å²) in [6, 6.07) is 0. The van der Waals surface area contributed by atoms with Gasteiger partial charge in [-0.2, -0.15) is 0 Å². The van der Waals surface area contributed by atoms with Gasteiger partial charge in [0.05, 0.1) is 86.7 Å². The van der Waals surface area contributed by atoms with Crippen molar-refractivity contribution >= 4 is 137 Å². The van der Waals surface area contributed by atoms with Crippen molar-refractivity contribution in [3.8, 4) is 0 Å². The zero-order valence-electron chi connectivity index (χ0n) is 70.7. The summed E-state index contributed by atoms with van der Waals surface area (Å²) >= 11 is 0. The first-order chi connectivity index (χ1) is 52.1. The third-order valence-corrected chi connectivity index (χ3v) is 21.8. The number of Topliss-reactive ketones (excluding diaryl/α,β-unsaturated/α-hetero) is 13. The Bertz CT molecular complexity index is 3420. The molecule has 646 valence electrons. The number of ether oxygens (including phenoxy) is 6. The van der Waals surface area contributed by atoms with Gasteiger partial charge in [-0.15, -0.1) is 0 Å². The Balaban J connectivity index is -0.000000304. The summed E-state index contributed by atoms with van der Waals surface area (Å²) < 4.78 is 72.3. The maximum Gasteiger partial charge on any atom is 0.305 e. The van der Waals surface area contributed by atoms with Crippen molar-refractivity contribution in [2.75, 3.05) is 73.2 Å². The number of sulfone groups is 2. The predicted molar refractivity (Wildman–Crippen MR) is 414 cm³/mol. The fourth-order valence-corrected chi connectivity index (χ4v) is 13.8. The van der Waals surface area contributed by atoms with Crippen LogP contribution in [0.5, 0.6) is 0 Å². The second kappa shape index (κ2) is 58.3. The van der Waals surface area contributed by atoms with Crippen molar-refractivity contribution in [3.05, 3.63) is 11.4 Å². The molecule has 32 nitrogen and oxygen atoms in total. The van der Waals surface area contributed by atoms with E-state index < -0.39 is 105 Å². The van der Waals surface area contributed by atoms with Crippen LogP contribution in [0.15, 0.2) is 0 Å². The van der Waals surface area contributed by atoms with E-state index in [0.717, 1.165) is 18.9 Å². The minimum Gasteiger partial charge on any atom is -0.481 e. The first-order valence-electron chi connectivity index (χ1n) is 37.2. The van der Waals surface area contributed by atoms with E-state index in [2.05, 4.69) is 33.3 Å². The van der Waals surface area contributed by atoms with E-state index in [-0.39, 0.29) is 236 Å². The number of ketones is 13. The number of esters is 6. The number of aliphatic carboxylic acids is 1. The largest absolute Gasteiger partial charge is 0.481 e. The van der Waals surface area contributed by atoms with Gasteiger partial charge in [-0.1, -0.05) is 54.9 Å². The molecule has 1 N–H and O–H groups in total. The first kappa shape index (κ1) is 115. The van der Waals surface area contributed by atoms with Crippen molar-refractivity contribution in [2.24, 2.45) is 32.5 Å². The predicted octanol–water partition coefficient (Wildman–Crippen LogP) is 9.18. The molecule has 0 aliphatic rings. The highest BCUT2D eigenvalue weighted by Crippen LogP contribution is 2.39. The molecule has 0 radical (unpaired) electrons. The molecular formula is C79H127NO31S2. The smallest absolute Gasteiger partial charge is 0.305 e. The van der Waals surface area contributed by atoms with E-state index in [1.807, 2.05) is 6.92 Å². The van der Waals surface area contributed by atoms with E-state index in [1.54, 1.807) is 41.5 Å². The summed E-state index contributed by atoms with van der Waals surface area (Å²) in [4.78, 5) is 236. The lowest BCUT2D eigenvalue weighted by atomic mass is 9.71. The third kappa shape index (κ3) is 42.4. The van der Waals surface area contributed by atoms with Gasteiger partial charge in [0, 0.05) is 109 Å². The molecule has 0 aromatic heterocycles. The molecule has 0 aromatic carbocycles. The van der Waals surface area contributed by atoms with E-state index in [4.69, 9.17) is 11.7 Å². The first-order valence-corrected chi connectivity index (χ1v) is 41.3. The van der Waals surface area contributed by atoms with Crippen LogP contribution in [0.3, 0.4) is 0 Å². The van der Waals surface area contributed by atoms with E-state index in [9.17, 15) is 113 Å². The Morgan fingerprint density at radius 2 is 0.469 bits per heavy atom. The standard InChI is InChI=1S/C14H22O6.C14H22O5.C13H19NO4.C13H20O6.C13H22O4.C12H22O6S2/c1-5-11(16)14(10(2)15,8-6-12(17)19-3)9-7-13(18)20-4;1-5-12(17)14(11(3)16,8-6-10(2)15)9-7-13(18)19-4;1-5-11(16)13(10(2)15,8-9-14-3)7-6-12(17)18-4;1-4-10(15)13(9(2)14,7-5-11(16)17)8-6-12(18)19-3;1-5-8-13(10(3)14,11(15)6-2)9-7-12(16)17-4;1-5-11(14)12(10(2)13,6-8-19(3,15)16)7-9-20(4,17)18/h5-9H2,1-4H3;5-9H2,1-4H3;5-9H2,1-2,4H3;4-8H2,1-3H3,(H,16,17);5-9H2,1-4H3;5-9H2,1-4H3. The fourth-order valence-electron chi connectivity index (χ4n) is 12.4. The number of carbonyl (C=O) groups excluding carboxylic acids is 19. The van der Waals surface area contributed by atoms with Crippen LogP contribution in [-0.2, 0) is 144 Å². The quantitative estimate of drug-likeness (QED) is 0.0256. The van der Waals surface area contributed by atoms with E-state index >= 15 is 0 Å². The number of nitrogens with zero attached hydrogens (tertiary/aromatic N) is 1. The number of rotatable bonds is 52. The highest BCUT2D eigenvalue weighted by Gasteiger charge is 2.47. The summed E-state index contributed by atoms with van der Waals surface area (Å²) in [5, 5.41) is 8.72. The number of carboxylic acids is 1. The van der Waals surface area contributed by atoms with Crippen LogP contribution >= 0.6 is 0 Å². The highest BCUT2D eigenvalue weighted by atomic mass is 32.2. The Hall–Kier alpha value is -8.61. The Morgan fingerprint density at radius 3 is 0.619 bits per heavy atom. The molecule has 0 saturated heterocycles. The van der Waals surface area contributed by atoms with Gasteiger partial charge < -0.3 is 43.2 Å². The molecule has 0 bridgehead atoms. The summed E-state index contributed by atoms with van der Waals surface area (Å²) in [5.74, 6) is -7.99. The van der Waals surface area contributed by atoms with Gasteiger partial charge in [0.1, 0.15) is 94.9 Å². The SMILES string of the molecule is CCC(=O)C(CCC(=O)O)(CCC(=O)OC)C(C)=O.CCC(=O)C(CCC(=O)OC)(CCC(=O)OC)C(C)=O.CCC(=O)C(CCC(C)=O)(CCC(=O)OC)C(C)=O.CCC(=O)C(CCS(C)(=O)=O)(CCS(C)(=O)=O)C(C)=O.CCCC(CCC(=O)OC)(C(C)=O)C(=O)CC.[C-]#[N+]CCC(CCC(=O)OC)(C(C)=O)C(=O)CC. The van der Waals surface area contributed by atoms with Gasteiger partial charge >= 0.3 is 41.8 Å². The molecule has 0 amide bonds. The lowest BCUT2D eigenvalue weighted by Crippen LogP contribution is -2.41. The molecule has 0 aliphatic carbocycles. The third-order valence-electron chi connectivity index (χ3n) is 19.9. The molecule has 0 spiro atoms. The second-order valence-electron chi connectivity index (χ2n) is 27.2. The van der Waals surface area contributed by atoms with Crippen molar-refractivity contribution in [1.82, 2.24) is 0 Å². The molecule has 0 saturated carbocycles. The summed E-state index contributed by atoms with van der Waals surface area (Å²) in [6.07, 6.45) is 4.76. The summed E-state index contributed by atoms with van der Waals surface area (Å²) in [5.41, 5.74) is -7.63. The van der Waals surface area contributed by atoms with Gasteiger partial charge in [0.25, 0.3) is 0 Å². The number of hydrogen-bond acceptors (Lipinski definition) is 30. The molecule has 0 aromatic rings. The molecule has 4 atom stereocenters. The topological polar surface area (TPSA) is 490 Å². The van der Waals surface area contributed by atoms with Gasteiger partial charge in [-0.25, -0.2) is 23.4 Å². The van der Waals surface area contributed by atoms with Crippen LogP contribution in [0.2, 0.25) is 0 Å². The van der Waals surface area contributed by atoms with Gasteiger partial charge in [-0.05, 0) is 119 Å². The van der Waals surface area contributed by atoms with Crippen LogP contribution in [-0.4, -0.2) is 212 Å². The molecule has 34 heteroatoms. The van der Waals surface area contributed by atoms with Crippen molar-refractivity contribution in [1.29, 1.82) is 0 Å². The zero-order valence-corrected chi connectivity index (χ0v) is 72.3. The van der Waals surface area contributed by atoms with Crippen molar-refractivity contribution < 1.29 is 146 Å².